The van der Waals surface area contributed by atoms with Gasteiger partial charge in [0.15, 0.2) is 5.13 Å². The SMILES string of the molecule is FC(F)(F)c1ccnc(Nc2nc3ccccc3s2)n1. The largest absolute Gasteiger partial charge is 0.433 e. The average molecular weight is 296 g/mol. The fraction of sp³-hybridized carbons (Fsp3) is 0.0833. The van der Waals surface area contributed by atoms with E-state index in [2.05, 4.69) is 20.3 Å². The van der Waals surface area contributed by atoms with Crippen molar-refractivity contribution in [2.75, 3.05) is 5.32 Å². The zero-order valence-electron chi connectivity index (χ0n) is 9.85. The lowest BCUT2D eigenvalue weighted by Crippen LogP contribution is -2.09. The number of fused-ring (bicyclic) bond motifs is 1. The molecule has 0 saturated carbocycles. The summed E-state index contributed by atoms with van der Waals surface area (Å²) in [5, 5.41) is 3.14. The van der Waals surface area contributed by atoms with Crippen LogP contribution in [0, 0.1) is 0 Å². The fourth-order valence-electron chi connectivity index (χ4n) is 1.60. The molecule has 0 aliphatic carbocycles. The molecular formula is C12H7F3N4S. The van der Waals surface area contributed by atoms with Crippen LogP contribution in [0.4, 0.5) is 24.3 Å². The van der Waals surface area contributed by atoms with Gasteiger partial charge in [-0.15, -0.1) is 0 Å². The van der Waals surface area contributed by atoms with Crippen LogP contribution in [0.3, 0.4) is 0 Å². The first-order chi connectivity index (χ1) is 9.52. The van der Waals surface area contributed by atoms with Gasteiger partial charge in [-0.2, -0.15) is 13.2 Å². The molecule has 0 spiro atoms. The Bertz CT molecular complexity index is 721. The highest BCUT2D eigenvalue weighted by molar-refractivity contribution is 7.22. The highest BCUT2D eigenvalue weighted by Crippen LogP contribution is 2.29. The first-order valence-corrected chi connectivity index (χ1v) is 6.37. The molecule has 8 heteroatoms. The van der Waals surface area contributed by atoms with Crippen LogP contribution in [0.25, 0.3) is 10.2 Å². The van der Waals surface area contributed by atoms with E-state index >= 15 is 0 Å². The van der Waals surface area contributed by atoms with Crippen LogP contribution in [0.2, 0.25) is 0 Å². The van der Waals surface area contributed by atoms with Gasteiger partial charge in [0.25, 0.3) is 0 Å². The van der Waals surface area contributed by atoms with Crippen LogP contribution in [-0.2, 0) is 6.18 Å². The highest BCUT2D eigenvalue weighted by atomic mass is 32.1. The van der Waals surface area contributed by atoms with Crippen LogP contribution in [0.1, 0.15) is 5.69 Å². The zero-order chi connectivity index (χ0) is 14.2. The summed E-state index contributed by atoms with van der Waals surface area (Å²) in [6.07, 6.45) is -3.43. The fourth-order valence-corrected chi connectivity index (χ4v) is 2.46. The quantitative estimate of drug-likeness (QED) is 0.780. The van der Waals surface area contributed by atoms with Crippen molar-refractivity contribution in [1.82, 2.24) is 15.0 Å². The van der Waals surface area contributed by atoms with Gasteiger partial charge in [0.2, 0.25) is 5.95 Å². The van der Waals surface area contributed by atoms with Gasteiger partial charge >= 0.3 is 6.18 Å². The van der Waals surface area contributed by atoms with E-state index < -0.39 is 11.9 Å². The number of anilines is 2. The number of aromatic nitrogens is 3. The summed E-state index contributed by atoms with van der Waals surface area (Å²) < 4.78 is 38.6. The topological polar surface area (TPSA) is 50.7 Å². The van der Waals surface area contributed by atoms with Gasteiger partial charge in [-0.05, 0) is 18.2 Å². The molecule has 1 N–H and O–H groups in total. The number of benzene rings is 1. The van der Waals surface area contributed by atoms with Gasteiger partial charge in [0.05, 0.1) is 10.2 Å². The van der Waals surface area contributed by atoms with Crippen LogP contribution in [0.5, 0.6) is 0 Å². The van der Waals surface area contributed by atoms with Gasteiger partial charge in [0, 0.05) is 6.20 Å². The monoisotopic (exact) mass is 296 g/mol. The third-order valence-electron chi connectivity index (χ3n) is 2.46. The lowest BCUT2D eigenvalue weighted by atomic mass is 10.3. The summed E-state index contributed by atoms with van der Waals surface area (Å²) in [5.41, 5.74) is -0.219. The Labute approximate surface area is 115 Å². The standard InChI is InChI=1S/C12H7F3N4S/c13-12(14,15)9-5-6-16-10(18-9)19-11-17-7-3-1-2-4-8(7)20-11/h1-6H,(H,16,17,18,19). The van der Waals surface area contributed by atoms with Crippen molar-refractivity contribution in [3.05, 3.63) is 42.2 Å². The Morgan fingerprint density at radius 2 is 1.85 bits per heavy atom. The predicted octanol–water partition coefficient (Wildman–Crippen LogP) is 3.85. The van der Waals surface area contributed by atoms with Crippen LogP contribution in [-0.4, -0.2) is 15.0 Å². The van der Waals surface area contributed by atoms with E-state index in [9.17, 15) is 13.2 Å². The van der Waals surface area contributed by atoms with Crippen molar-refractivity contribution < 1.29 is 13.2 Å². The number of hydrogen-bond donors (Lipinski definition) is 1. The molecule has 4 nitrogen and oxygen atoms in total. The smallest absolute Gasteiger partial charge is 0.300 e. The molecule has 2 heterocycles. The van der Waals surface area contributed by atoms with Crippen LogP contribution >= 0.6 is 11.3 Å². The van der Waals surface area contributed by atoms with E-state index in [4.69, 9.17) is 0 Å². The van der Waals surface area contributed by atoms with Crippen LogP contribution in [0.15, 0.2) is 36.5 Å². The highest BCUT2D eigenvalue weighted by Gasteiger charge is 2.32. The molecule has 0 bridgehead atoms. The normalized spacial score (nSPS) is 11.8. The minimum Gasteiger partial charge on any atom is -0.300 e. The van der Waals surface area contributed by atoms with Crippen molar-refractivity contribution in [2.24, 2.45) is 0 Å². The molecule has 102 valence electrons. The van der Waals surface area contributed by atoms with Crippen LogP contribution < -0.4 is 5.32 Å². The lowest BCUT2D eigenvalue weighted by Gasteiger charge is -2.06. The summed E-state index contributed by atoms with van der Waals surface area (Å²) in [6.45, 7) is 0. The summed E-state index contributed by atoms with van der Waals surface area (Å²) in [7, 11) is 0. The molecule has 3 rings (SSSR count). The summed E-state index contributed by atoms with van der Waals surface area (Å²) >= 11 is 1.32. The molecular weight excluding hydrogens is 289 g/mol. The number of alkyl halides is 3. The Morgan fingerprint density at radius 1 is 1.05 bits per heavy atom. The Kier molecular flexibility index (Phi) is 3.01. The summed E-state index contributed by atoms with van der Waals surface area (Å²) in [5.74, 6) is -0.126. The van der Waals surface area contributed by atoms with E-state index in [0.29, 0.717) is 5.13 Å². The minimum atomic E-state index is -4.49. The number of para-hydroxylation sites is 1. The number of nitrogens with one attached hydrogen (secondary N) is 1. The molecule has 0 unspecified atom stereocenters. The summed E-state index contributed by atoms with van der Waals surface area (Å²) in [4.78, 5) is 11.4. The molecule has 20 heavy (non-hydrogen) atoms. The Balaban J connectivity index is 1.91. The van der Waals surface area contributed by atoms with Crippen molar-refractivity contribution in [2.45, 2.75) is 6.18 Å². The molecule has 0 aliphatic rings. The molecule has 1 aromatic carbocycles. The first-order valence-electron chi connectivity index (χ1n) is 5.55. The van der Waals surface area contributed by atoms with Gasteiger partial charge in [0.1, 0.15) is 5.69 Å². The zero-order valence-corrected chi connectivity index (χ0v) is 10.7. The predicted molar refractivity (Wildman–Crippen MR) is 69.9 cm³/mol. The van der Waals surface area contributed by atoms with Crippen molar-refractivity contribution in [1.29, 1.82) is 0 Å². The van der Waals surface area contributed by atoms with E-state index in [1.807, 2.05) is 24.3 Å². The molecule has 3 aromatic rings. The average Bonchev–Trinajstić information content (AvgIpc) is 2.80. The maximum atomic E-state index is 12.5. The van der Waals surface area contributed by atoms with E-state index in [0.717, 1.165) is 22.5 Å². The van der Waals surface area contributed by atoms with E-state index in [1.165, 1.54) is 11.3 Å². The van der Waals surface area contributed by atoms with Gasteiger partial charge in [-0.25, -0.2) is 15.0 Å². The molecule has 0 saturated heterocycles. The molecule has 0 radical (unpaired) electrons. The van der Waals surface area contributed by atoms with E-state index in [-0.39, 0.29) is 5.95 Å². The minimum absolute atomic E-state index is 0.126. The number of rotatable bonds is 2. The summed E-state index contributed by atoms with van der Waals surface area (Å²) in [6, 6.07) is 8.23. The van der Waals surface area contributed by atoms with E-state index in [1.54, 1.807) is 0 Å². The second-order valence-electron chi connectivity index (χ2n) is 3.87. The Morgan fingerprint density at radius 3 is 2.60 bits per heavy atom. The van der Waals surface area contributed by atoms with Crippen molar-refractivity contribution in [3.8, 4) is 0 Å². The number of thiazole rings is 1. The van der Waals surface area contributed by atoms with Gasteiger partial charge < -0.3 is 5.32 Å². The molecule has 0 atom stereocenters. The molecule has 2 aromatic heterocycles. The second-order valence-corrected chi connectivity index (χ2v) is 4.91. The maximum Gasteiger partial charge on any atom is 0.433 e. The number of nitrogens with zero attached hydrogens (tertiary/aromatic N) is 3. The lowest BCUT2D eigenvalue weighted by molar-refractivity contribution is -0.141. The van der Waals surface area contributed by atoms with Crippen molar-refractivity contribution >= 4 is 32.6 Å². The molecule has 0 fully saturated rings. The molecule has 0 amide bonds. The third kappa shape index (κ3) is 2.55. The molecule has 0 aliphatic heterocycles. The number of hydrogen-bond acceptors (Lipinski definition) is 5. The third-order valence-corrected chi connectivity index (χ3v) is 3.41. The maximum absolute atomic E-state index is 12.5. The second kappa shape index (κ2) is 4.71. The first kappa shape index (κ1) is 12.8. The van der Waals surface area contributed by atoms with Gasteiger partial charge in [-0.3, -0.25) is 0 Å². The van der Waals surface area contributed by atoms with Gasteiger partial charge in [-0.1, -0.05) is 23.5 Å². The number of halogens is 3. The Hall–Kier alpha value is -2.22. The van der Waals surface area contributed by atoms with Crippen molar-refractivity contribution in [3.63, 3.8) is 0 Å².